The molecule has 138 valence electrons. The number of nitrogens with one attached hydrogen (secondary N) is 3. The van der Waals surface area contributed by atoms with Gasteiger partial charge < -0.3 is 14.8 Å². The largest absolute Gasteiger partial charge is 0.494 e. The van der Waals surface area contributed by atoms with Crippen molar-refractivity contribution in [3.63, 3.8) is 0 Å². The number of pyridine rings is 1. The summed E-state index contributed by atoms with van der Waals surface area (Å²) < 4.78 is 11.1. The molecule has 1 aliphatic heterocycles. The Balaban J connectivity index is 1.68. The van der Waals surface area contributed by atoms with Gasteiger partial charge in [0.1, 0.15) is 17.5 Å². The maximum absolute atomic E-state index is 12.7. The van der Waals surface area contributed by atoms with Crippen molar-refractivity contribution in [2.75, 3.05) is 18.5 Å². The normalized spacial score (nSPS) is 19.2. The van der Waals surface area contributed by atoms with Crippen LogP contribution in [0, 0.1) is 0 Å². The number of hydrazine groups is 1. The summed E-state index contributed by atoms with van der Waals surface area (Å²) in [5, 5.41) is 2.95. The molecule has 1 aromatic heterocycles. The maximum atomic E-state index is 12.7. The molecule has 2 atom stereocenters. The number of carbonyl (C=O) groups excluding carboxylic acids is 1. The first-order chi connectivity index (χ1) is 12.7. The van der Waals surface area contributed by atoms with Gasteiger partial charge in [0.2, 0.25) is 5.91 Å². The van der Waals surface area contributed by atoms with Crippen LogP contribution in [0.1, 0.15) is 31.9 Å². The van der Waals surface area contributed by atoms with Crippen molar-refractivity contribution < 1.29 is 14.3 Å². The molecule has 0 bridgehead atoms. The van der Waals surface area contributed by atoms with Crippen molar-refractivity contribution in [1.29, 1.82) is 0 Å². The fourth-order valence-corrected chi connectivity index (χ4v) is 2.89. The highest BCUT2D eigenvalue weighted by Crippen LogP contribution is 2.30. The lowest BCUT2D eigenvalue weighted by Crippen LogP contribution is -2.39. The van der Waals surface area contributed by atoms with Gasteiger partial charge in [-0.25, -0.2) is 10.9 Å². The van der Waals surface area contributed by atoms with E-state index in [2.05, 4.69) is 21.2 Å². The third-order valence-electron chi connectivity index (χ3n) is 4.13. The smallest absolute Gasteiger partial charge is 0.243 e. The monoisotopic (exact) mass is 356 g/mol. The van der Waals surface area contributed by atoms with Crippen LogP contribution in [-0.4, -0.2) is 30.1 Å². The second-order valence-electron chi connectivity index (χ2n) is 5.93. The van der Waals surface area contributed by atoms with Gasteiger partial charge in [-0.1, -0.05) is 6.07 Å². The van der Waals surface area contributed by atoms with Crippen LogP contribution in [0.2, 0.25) is 0 Å². The van der Waals surface area contributed by atoms with E-state index >= 15 is 0 Å². The third kappa shape index (κ3) is 4.30. The standard InChI is InChI=1S/C19H24N4O3/c1-3-25-14-7-8-18(26-4-2)16(10-14)21-19(24)17-11-15(22-23-17)13-6-5-9-20-12-13/h5-10,12,15,17,22-23H,3-4,11H2,1-2H3,(H,21,24). The van der Waals surface area contributed by atoms with E-state index < -0.39 is 0 Å². The van der Waals surface area contributed by atoms with Crippen LogP contribution in [0.3, 0.4) is 0 Å². The van der Waals surface area contributed by atoms with E-state index in [9.17, 15) is 4.79 Å². The number of carbonyl (C=O) groups is 1. The lowest BCUT2D eigenvalue weighted by molar-refractivity contribution is -0.117. The summed E-state index contributed by atoms with van der Waals surface area (Å²) in [7, 11) is 0. The Bertz CT molecular complexity index is 739. The first-order valence-corrected chi connectivity index (χ1v) is 8.82. The predicted octanol–water partition coefficient (Wildman–Crippen LogP) is 2.43. The molecule has 7 nitrogen and oxygen atoms in total. The van der Waals surface area contributed by atoms with E-state index in [-0.39, 0.29) is 18.0 Å². The number of aromatic nitrogens is 1. The molecule has 3 rings (SSSR count). The van der Waals surface area contributed by atoms with Crippen LogP contribution in [-0.2, 0) is 4.79 Å². The number of benzene rings is 1. The molecular formula is C19H24N4O3. The molecule has 2 aromatic rings. The number of nitrogens with zero attached hydrogens (tertiary/aromatic N) is 1. The fraction of sp³-hybridized carbons (Fsp3) is 0.368. The Hall–Kier alpha value is -2.64. The van der Waals surface area contributed by atoms with Crippen molar-refractivity contribution >= 4 is 11.6 Å². The Morgan fingerprint density at radius 2 is 2.08 bits per heavy atom. The summed E-state index contributed by atoms with van der Waals surface area (Å²) in [6.07, 6.45) is 4.17. The lowest BCUT2D eigenvalue weighted by Gasteiger charge is -2.15. The first-order valence-electron chi connectivity index (χ1n) is 8.82. The van der Waals surface area contributed by atoms with Gasteiger partial charge in [0.25, 0.3) is 0 Å². The second kappa shape index (κ2) is 8.64. The van der Waals surface area contributed by atoms with Gasteiger partial charge in [-0.15, -0.1) is 0 Å². The van der Waals surface area contributed by atoms with Gasteiger partial charge in [-0.2, -0.15) is 0 Å². The molecule has 26 heavy (non-hydrogen) atoms. The van der Waals surface area contributed by atoms with Gasteiger partial charge >= 0.3 is 0 Å². The molecule has 0 spiro atoms. The summed E-state index contributed by atoms with van der Waals surface area (Å²) >= 11 is 0. The van der Waals surface area contributed by atoms with Crippen molar-refractivity contribution in [3.05, 3.63) is 48.3 Å². The minimum Gasteiger partial charge on any atom is -0.494 e. The van der Waals surface area contributed by atoms with Crippen LogP contribution >= 0.6 is 0 Å². The minimum atomic E-state index is -0.356. The summed E-state index contributed by atoms with van der Waals surface area (Å²) in [5.74, 6) is 1.19. The average Bonchev–Trinajstić information content (AvgIpc) is 3.15. The van der Waals surface area contributed by atoms with E-state index in [0.717, 1.165) is 5.56 Å². The van der Waals surface area contributed by atoms with Crippen LogP contribution in [0.25, 0.3) is 0 Å². The van der Waals surface area contributed by atoms with E-state index in [0.29, 0.717) is 36.8 Å². The molecule has 1 aromatic carbocycles. The molecule has 3 N–H and O–H groups in total. The van der Waals surface area contributed by atoms with E-state index in [1.54, 1.807) is 18.5 Å². The summed E-state index contributed by atoms with van der Waals surface area (Å²) in [6, 6.07) is 8.99. The number of rotatable bonds is 7. The lowest BCUT2D eigenvalue weighted by atomic mass is 10.0. The molecule has 7 heteroatoms. The Morgan fingerprint density at radius 3 is 2.81 bits per heavy atom. The van der Waals surface area contributed by atoms with Gasteiger partial charge in [0.05, 0.1) is 18.9 Å². The molecule has 2 unspecified atom stereocenters. The first kappa shape index (κ1) is 18.2. The zero-order valence-electron chi connectivity index (χ0n) is 15.0. The molecular weight excluding hydrogens is 332 g/mol. The van der Waals surface area contributed by atoms with E-state index in [4.69, 9.17) is 9.47 Å². The predicted molar refractivity (Wildman–Crippen MR) is 99.1 cm³/mol. The number of amides is 1. The zero-order valence-corrected chi connectivity index (χ0v) is 15.0. The molecule has 0 radical (unpaired) electrons. The van der Waals surface area contributed by atoms with Gasteiger partial charge in [0, 0.05) is 24.5 Å². The summed E-state index contributed by atoms with van der Waals surface area (Å²) in [4.78, 5) is 16.8. The molecule has 2 heterocycles. The fourth-order valence-electron chi connectivity index (χ4n) is 2.89. The molecule has 1 amide bonds. The molecule has 1 aliphatic rings. The maximum Gasteiger partial charge on any atom is 0.243 e. The van der Waals surface area contributed by atoms with Crippen molar-refractivity contribution in [1.82, 2.24) is 15.8 Å². The average molecular weight is 356 g/mol. The second-order valence-corrected chi connectivity index (χ2v) is 5.93. The van der Waals surface area contributed by atoms with E-state index in [1.807, 2.05) is 38.1 Å². The summed E-state index contributed by atoms with van der Waals surface area (Å²) in [6.45, 7) is 4.90. The number of hydrogen-bond acceptors (Lipinski definition) is 6. The van der Waals surface area contributed by atoms with Crippen LogP contribution < -0.4 is 25.6 Å². The Kier molecular flexibility index (Phi) is 6.04. The third-order valence-corrected chi connectivity index (χ3v) is 4.13. The topological polar surface area (TPSA) is 84.5 Å². The Morgan fingerprint density at radius 1 is 1.23 bits per heavy atom. The number of anilines is 1. The molecule has 1 saturated heterocycles. The van der Waals surface area contributed by atoms with Crippen LogP contribution in [0.5, 0.6) is 11.5 Å². The van der Waals surface area contributed by atoms with Gasteiger partial charge in [-0.3, -0.25) is 9.78 Å². The van der Waals surface area contributed by atoms with Crippen molar-refractivity contribution in [2.24, 2.45) is 0 Å². The van der Waals surface area contributed by atoms with Gasteiger partial charge in [-0.05, 0) is 44.0 Å². The highest BCUT2D eigenvalue weighted by Gasteiger charge is 2.30. The zero-order chi connectivity index (χ0) is 18.4. The van der Waals surface area contributed by atoms with Gasteiger partial charge in [0.15, 0.2) is 0 Å². The van der Waals surface area contributed by atoms with Crippen molar-refractivity contribution in [3.8, 4) is 11.5 Å². The van der Waals surface area contributed by atoms with Crippen LogP contribution in [0.4, 0.5) is 5.69 Å². The highest BCUT2D eigenvalue weighted by atomic mass is 16.5. The molecule has 0 saturated carbocycles. The van der Waals surface area contributed by atoms with E-state index in [1.165, 1.54) is 0 Å². The Labute approximate surface area is 153 Å². The highest BCUT2D eigenvalue weighted by molar-refractivity contribution is 5.96. The number of hydrogen-bond donors (Lipinski definition) is 3. The quantitative estimate of drug-likeness (QED) is 0.707. The SMILES string of the molecule is CCOc1ccc(OCC)c(NC(=O)C2CC(c3cccnc3)NN2)c1. The van der Waals surface area contributed by atoms with Crippen LogP contribution in [0.15, 0.2) is 42.7 Å². The molecule has 0 aliphatic carbocycles. The minimum absolute atomic E-state index is 0.0422. The number of ether oxygens (including phenoxy) is 2. The summed E-state index contributed by atoms with van der Waals surface area (Å²) in [5.41, 5.74) is 7.86. The molecule has 1 fully saturated rings. The van der Waals surface area contributed by atoms with Crippen molar-refractivity contribution in [2.45, 2.75) is 32.4 Å².